The number of aromatic nitrogens is 1. The molecule has 1 aromatic heterocycles. The van der Waals surface area contributed by atoms with Crippen LogP contribution < -0.4 is 5.43 Å². The molecule has 0 aliphatic heterocycles. The molecule has 0 aliphatic carbocycles. The Kier molecular flexibility index (Phi) is 5.82. The van der Waals surface area contributed by atoms with Gasteiger partial charge >= 0.3 is 0 Å². The Labute approximate surface area is 172 Å². The molecule has 0 radical (unpaired) electrons. The number of aryl methyl sites for hydroxylation is 2. The number of hydrogen-bond donors (Lipinski definition) is 1. The van der Waals surface area contributed by atoms with Gasteiger partial charge in [-0.15, -0.1) is 0 Å². The smallest absolute Gasteiger partial charge is 0.271 e. The van der Waals surface area contributed by atoms with Gasteiger partial charge in [-0.05, 0) is 68.8 Å². The molecule has 6 heteroatoms. The molecule has 27 heavy (non-hydrogen) atoms. The van der Waals surface area contributed by atoms with Gasteiger partial charge in [0.2, 0.25) is 0 Å². The lowest BCUT2D eigenvalue weighted by molar-refractivity contribution is 0.0955. The Morgan fingerprint density at radius 1 is 1.11 bits per heavy atom. The van der Waals surface area contributed by atoms with E-state index in [1.807, 2.05) is 19.9 Å². The number of nitrogens with one attached hydrogen (secondary N) is 1. The number of benzene rings is 2. The molecule has 0 unspecified atom stereocenters. The zero-order valence-electron chi connectivity index (χ0n) is 15.3. The molecule has 2 aromatic carbocycles. The highest BCUT2D eigenvalue weighted by atomic mass is 79.9. The van der Waals surface area contributed by atoms with Crippen molar-refractivity contribution in [3.63, 3.8) is 0 Å². The molecule has 1 N–H and O–H groups in total. The summed E-state index contributed by atoms with van der Waals surface area (Å²) >= 11 is 9.43. The van der Waals surface area contributed by atoms with Crippen molar-refractivity contribution in [2.75, 3.05) is 0 Å². The lowest BCUT2D eigenvalue weighted by Crippen LogP contribution is -2.17. The van der Waals surface area contributed by atoms with Crippen molar-refractivity contribution in [3.05, 3.63) is 86.1 Å². The van der Waals surface area contributed by atoms with Gasteiger partial charge in [-0.1, -0.05) is 33.6 Å². The molecule has 1 heterocycles. The summed E-state index contributed by atoms with van der Waals surface area (Å²) in [7, 11) is 0. The van der Waals surface area contributed by atoms with E-state index < -0.39 is 0 Å². The van der Waals surface area contributed by atoms with Gasteiger partial charge in [0.25, 0.3) is 5.91 Å². The maximum Gasteiger partial charge on any atom is 0.271 e. The predicted octanol–water partition coefficient (Wildman–Crippen LogP) is 5.58. The largest absolute Gasteiger partial charge is 0.318 e. The Balaban J connectivity index is 1.79. The zero-order valence-corrected chi connectivity index (χ0v) is 17.6. The van der Waals surface area contributed by atoms with Crippen LogP contribution in [0.4, 0.5) is 0 Å². The zero-order chi connectivity index (χ0) is 19.6. The van der Waals surface area contributed by atoms with Gasteiger partial charge in [0.1, 0.15) is 0 Å². The van der Waals surface area contributed by atoms with Crippen molar-refractivity contribution < 1.29 is 4.79 Å². The predicted molar refractivity (Wildman–Crippen MR) is 114 cm³/mol. The first-order chi connectivity index (χ1) is 12.9. The van der Waals surface area contributed by atoms with Crippen LogP contribution in [0.2, 0.25) is 5.02 Å². The van der Waals surface area contributed by atoms with Crippen LogP contribution in [0.3, 0.4) is 0 Å². The van der Waals surface area contributed by atoms with Crippen molar-refractivity contribution in [2.45, 2.75) is 20.8 Å². The summed E-state index contributed by atoms with van der Waals surface area (Å²) in [6, 6.07) is 15.0. The highest BCUT2D eigenvalue weighted by Crippen LogP contribution is 2.24. The van der Waals surface area contributed by atoms with Crippen LogP contribution in [0.15, 0.2) is 58.1 Å². The van der Waals surface area contributed by atoms with Gasteiger partial charge in [-0.2, -0.15) is 5.10 Å². The molecule has 0 aliphatic rings. The molecule has 3 aromatic rings. The van der Waals surface area contributed by atoms with Crippen LogP contribution in [0.1, 0.15) is 32.9 Å². The Morgan fingerprint density at radius 3 is 2.48 bits per heavy atom. The van der Waals surface area contributed by atoms with Crippen molar-refractivity contribution in [1.29, 1.82) is 0 Å². The Bertz CT molecular complexity index is 1020. The van der Waals surface area contributed by atoms with E-state index in [-0.39, 0.29) is 5.91 Å². The van der Waals surface area contributed by atoms with Crippen LogP contribution in [0.5, 0.6) is 0 Å². The van der Waals surface area contributed by atoms with Gasteiger partial charge in [0.05, 0.1) is 6.21 Å². The molecule has 0 atom stereocenters. The number of amides is 1. The van der Waals surface area contributed by atoms with Gasteiger partial charge in [-0.25, -0.2) is 5.43 Å². The molecule has 0 spiro atoms. The second kappa shape index (κ2) is 8.11. The average Bonchev–Trinajstić information content (AvgIpc) is 2.92. The third-order valence-corrected chi connectivity index (χ3v) is 5.47. The summed E-state index contributed by atoms with van der Waals surface area (Å²) in [6.45, 7) is 6.14. The fourth-order valence-corrected chi connectivity index (χ4v) is 3.36. The summed E-state index contributed by atoms with van der Waals surface area (Å²) in [6.07, 6.45) is 1.66. The van der Waals surface area contributed by atoms with Crippen LogP contribution in [-0.2, 0) is 0 Å². The molecule has 1 amide bonds. The van der Waals surface area contributed by atoms with Crippen LogP contribution >= 0.6 is 27.5 Å². The Morgan fingerprint density at radius 2 is 1.81 bits per heavy atom. The van der Waals surface area contributed by atoms with Crippen molar-refractivity contribution >= 4 is 39.7 Å². The summed E-state index contributed by atoms with van der Waals surface area (Å²) in [5.74, 6) is -0.279. The lowest BCUT2D eigenvalue weighted by Gasteiger charge is -2.11. The minimum Gasteiger partial charge on any atom is -0.318 e. The van der Waals surface area contributed by atoms with Crippen LogP contribution in [0, 0.1) is 20.8 Å². The minimum atomic E-state index is -0.279. The maximum atomic E-state index is 12.1. The molecule has 138 valence electrons. The lowest BCUT2D eigenvalue weighted by atomic mass is 10.2. The van der Waals surface area contributed by atoms with E-state index in [2.05, 4.69) is 56.1 Å². The van der Waals surface area contributed by atoms with Gasteiger partial charge < -0.3 is 4.57 Å². The number of hydrogen-bond acceptors (Lipinski definition) is 2. The second-order valence-electron chi connectivity index (χ2n) is 6.30. The number of halogens is 2. The molecular formula is C21H19BrClN3O. The van der Waals surface area contributed by atoms with E-state index in [1.165, 1.54) is 5.56 Å². The van der Waals surface area contributed by atoms with E-state index in [1.54, 1.807) is 30.5 Å². The molecule has 0 saturated heterocycles. The van der Waals surface area contributed by atoms with Gasteiger partial charge in [0, 0.05) is 37.7 Å². The van der Waals surface area contributed by atoms with Gasteiger partial charge in [0.15, 0.2) is 0 Å². The highest BCUT2D eigenvalue weighted by molar-refractivity contribution is 9.10. The number of hydrazone groups is 1. The number of rotatable bonds is 4. The van der Waals surface area contributed by atoms with Crippen molar-refractivity contribution in [2.24, 2.45) is 5.10 Å². The molecule has 0 saturated carbocycles. The summed E-state index contributed by atoms with van der Waals surface area (Å²) in [4.78, 5) is 12.1. The van der Waals surface area contributed by atoms with Crippen LogP contribution in [0.25, 0.3) is 5.69 Å². The fourth-order valence-electron chi connectivity index (χ4n) is 2.86. The summed E-state index contributed by atoms with van der Waals surface area (Å²) in [5, 5.41) is 4.69. The first-order valence-corrected chi connectivity index (χ1v) is 9.58. The van der Waals surface area contributed by atoms with E-state index in [0.717, 1.165) is 27.1 Å². The van der Waals surface area contributed by atoms with Gasteiger partial charge in [-0.3, -0.25) is 4.79 Å². The molecule has 0 bridgehead atoms. The third kappa shape index (κ3) is 4.31. The molecule has 4 nitrogen and oxygen atoms in total. The molecular weight excluding hydrogens is 426 g/mol. The molecule has 0 fully saturated rings. The second-order valence-corrected chi connectivity index (χ2v) is 7.59. The number of carbonyl (C=O) groups is 1. The minimum absolute atomic E-state index is 0.279. The number of nitrogens with zero attached hydrogens (tertiary/aromatic N) is 2. The monoisotopic (exact) mass is 443 g/mol. The maximum absolute atomic E-state index is 12.1. The molecule has 3 rings (SSSR count). The quantitative estimate of drug-likeness (QED) is 0.414. The standard InChI is InChI=1S/C21H19BrClN3O/c1-13-4-9-19(11-20(13)22)26-14(2)10-17(15(26)3)12-24-25-21(27)16-5-7-18(23)8-6-16/h4-12H,1-3H3,(H,25,27)/b24-12-. The van der Waals surface area contributed by atoms with Crippen molar-refractivity contribution in [3.8, 4) is 5.69 Å². The Hall–Kier alpha value is -2.37. The normalized spacial score (nSPS) is 11.1. The first-order valence-electron chi connectivity index (χ1n) is 8.41. The topological polar surface area (TPSA) is 46.4 Å². The summed E-state index contributed by atoms with van der Waals surface area (Å²) < 4.78 is 3.23. The van der Waals surface area contributed by atoms with E-state index in [9.17, 15) is 4.79 Å². The van der Waals surface area contributed by atoms with Crippen molar-refractivity contribution in [1.82, 2.24) is 9.99 Å². The average molecular weight is 445 g/mol. The highest BCUT2D eigenvalue weighted by Gasteiger charge is 2.10. The summed E-state index contributed by atoms with van der Waals surface area (Å²) in [5.41, 5.74) is 8.41. The number of carbonyl (C=O) groups excluding carboxylic acids is 1. The third-order valence-electron chi connectivity index (χ3n) is 4.36. The fraction of sp³-hybridized carbons (Fsp3) is 0.143. The SMILES string of the molecule is Cc1ccc(-n2c(C)cc(/C=N\NC(=O)c3ccc(Cl)cc3)c2C)cc1Br. The van der Waals surface area contributed by atoms with Crippen LogP contribution in [-0.4, -0.2) is 16.7 Å². The van der Waals surface area contributed by atoms with E-state index in [4.69, 9.17) is 11.6 Å². The first kappa shape index (κ1) is 19.4. The van der Waals surface area contributed by atoms with E-state index in [0.29, 0.717) is 10.6 Å². The van der Waals surface area contributed by atoms with E-state index >= 15 is 0 Å².